The summed E-state index contributed by atoms with van der Waals surface area (Å²) in [6.07, 6.45) is 1.63. The molecule has 2 aromatic rings. The summed E-state index contributed by atoms with van der Waals surface area (Å²) in [5.41, 5.74) is 1.08. The fraction of sp³-hybridized carbons (Fsp3) is 0.464. The number of piperidine rings is 1. The summed E-state index contributed by atoms with van der Waals surface area (Å²) < 4.78 is 11.6. The van der Waals surface area contributed by atoms with Crippen LogP contribution < -0.4 is 10.1 Å². The van der Waals surface area contributed by atoms with Crippen LogP contribution in [0.5, 0.6) is 5.75 Å². The average molecular weight is 494 g/mol. The lowest BCUT2D eigenvalue weighted by atomic mass is 9.95. The summed E-state index contributed by atoms with van der Waals surface area (Å²) in [5.74, 6) is 0.0252. The van der Waals surface area contributed by atoms with E-state index in [1.165, 1.54) is 0 Å². The molecule has 2 unspecified atom stereocenters. The molecule has 2 aliphatic rings. The molecule has 0 aromatic heterocycles. The van der Waals surface area contributed by atoms with Crippen LogP contribution in [0.1, 0.15) is 59.4 Å². The Morgan fingerprint density at radius 2 is 1.83 bits per heavy atom. The van der Waals surface area contributed by atoms with Gasteiger partial charge in [0.15, 0.2) is 0 Å². The van der Waals surface area contributed by atoms with Gasteiger partial charge in [-0.25, -0.2) is 0 Å². The molecule has 0 saturated carbocycles. The molecule has 2 aliphatic heterocycles. The van der Waals surface area contributed by atoms with Crippen molar-refractivity contribution in [3.05, 3.63) is 65.2 Å². The summed E-state index contributed by atoms with van der Waals surface area (Å²) in [6, 6.07) is 13.7. The molecule has 2 fully saturated rings. The van der Waals surface area contributed by atoms with Crippen LogP contribution in [0.25, 0.3) is 0 Å². The monoisotopic (exact) mass is 493 g/mol. The van der Waals surface area contributed by atoms with Crippen LogP contribution in [0.2, 0.25) is 0 Å². The SMILES string of the molecule is CCC(C)NC(=O)C1COC2(CCN(C(=O)c3ccccc3C)CC2)N1C(=O)c1cccc(OC)c1. The molecule has 2 atom stereocenters. The number of nitrogens with one attached hydrogen (secondary N) is 1. The Hall–Kier alpha value is -3.39. The van der Waals surface area contributed by atoms with Crippen molar-refractivity contribution in [1.82, 2.24) is 15.1 Å². The minimum atomic E-state index is -0.958. The van der Waals surface area contributed by atoms with E-state index in [0.717, 1.165) is 12.0 Å². The predicted molar refractivity (Wildman–Crippen MR) is 136 cm³/mol. The van der Waals surface area contributed by atoms with Gasteiger partial charge in [-0.2, -0.15) is 0 Å². The second kappa shape index (κ2) is 10.7. The Labute approximate surface area is 212 Å². The van der Waals surface area contributed by atoms with Gasteiger partial charge in [-0.3, -0.25) is 19.3 Å². The zero-order valence-electron chi connectivity index (χ0n) is 21.5. The number of methoxy groups -OCH3 is 1. The molecule has 0 radical (unpaired) electrons. The van der Waals surface area contributed by atoms with Gasteiger partial charge in [0.05, 0.1) is 13.7 Å². The minimum absolute atomic E-state index is 0.0172. The number of ether oxygens (including phenoxy) is 2. The second-order valence-electron chi connectivity index (χ2n) is 9.61. The summed E-state index contributed by atoms with van der Waals surface area (Å²) >= 11 is 0. The molecule has 4 rings (SSSR count). The molecule has 2 heterocycles. The Balaban J connectivity index is 1.60. The van der Waals surface area contributed by atoms with Gasteiger partial charge < -0.3 is 19.7 Å². The molecule has 0 aliphatic carbocycles. The van der Waals surface area contributed by atoms with Crippen LogP contribution in [-0.4, -0.2) is 72.1 Å². The maximum Gasteiger partial charge on any atom is 0.257 e. The third kappa shape index (κ3) is 4.95. The van der Waals surface area contributed by atoms with Crippen molar-refractivity contribution in [1.29, 1.82) is 0 Å². The summed E-state index contributed by atoms with van der Waals surface area (Å²) in [6.45, 7) is 6.83. The van der Waals surface area contributed by atoms with E-state index in [1.807, 2.05) is 45.0 Å². The summed E-state index contributed by atoms with van der Waals surface area (Å²) in [4.78, 5) is 43.7. The zero-order chi connectivity index (χ0) is 25.9. The topological polar surface area (TPSA) is 88.2 Å². The maximum atomic E-state index is 13.9. The minimum Gasteiger partial charge on any atom is -0.497 e. The van der Waals surface area contributed by atoms with E-state index in [-0.39, 0.29) is 30.4 Å². The van der Waals surface area contributed by atoms with Gasteiger partial charge >= 0.3 is 0 Å². The van der Waals surface area contributed by atoms with Gasteiger partial charge in [0.2, 0.25) is 5.91 Å². The fourth-order valence-electron chi connectivity index (χ4n) is 4.95. The van der Waals surface area contributed by atoms with Crippen LogP contribution >= 0.6 is 0 Å². The quantitative estimate of drug-likeness (QED) is 0.667. The number of carbonyl (C=O) groups is 3. The highest BCUT2D eigenvalue weighted by molar-refractivity contribution is 5.99. The molecule has 36 heavy (non-hydrogen) atoms. The first kappa shape index (κ1) is 25.7. The predicted octanol–water partition coefficient (Wildman–Crippen LogP) is 3.39. The highest BCUT2D eigenvalue weighted by Crippen LogP contribution is 2.39. The van der Waals surface area contributed by atoms with Crippen molar-refractivity contribution in [2.24, 2.45) is 0 Å². The van der Waals surface area contributed by atoms with E-state index in [1.54, 1.807) is 41.2 Å². The van der Waals surface area contributed by atoms with Crippen molar-refractivity contribution < 1.29 is 23.9 Å². The molecule has 8 heteroatoms. The number of likely N-dealkylation sites (tertiary alicyclic amines) is 1. The lowest BCUT2D eigenvalue weighted by Gasteiger charge is -2.44. The Morgan fingerprint density at radius 3 is 2.50 bits per heavy atom. The lowest BCUT2D eigenvalue weighted by Crippen LogP contribution is -2.60. The van der Waals surface area contributed by atoms with E-state index in [0.29, 0.717) is 42.8 Å². The first-order chi connectivity index (χ1) is 17.3. The number of amides is 3. The Kier molecular flexibility index (Phi) is 7.64. The average Bonchev–Trinajstić information content (AvgIpc) is 3.27. The summed E-state index contributed by atoms with van der Waals surface area (Å²) in [5, 5.41) is 3.01. The van der Waals surface area contributed by atoms with Crippen molar-refractivity contribution in [3.63, 3.8) is 0 Å². The molecular weight excluding hydrogens is 458 g/mol. The van der Waals surface area contributed by atoms with Gasteiger partial charge in [-0.05, 0) is 50.1 Å². The first-order valence-corrected chi connectivity index (χ1v) is 12.6. The lowest BCUT2D eigenvalue weighted by molar-refractivity contribution is -0.128. The molecule has 1 spiro atoms. The molecular formula is C28H35N3O5. The third-order valence-corrected chi connectivity index (χ3v) is 7.31. The maximum absolute atomic E-state index is 13.9. The van der Waals surface area contributed by atoms with Crippen molar-refractivity contribution in [2.45, 2.75) is 57.8 Å². The molecule has 0 bridgehead atoms. The smallest absolute Gasteiger partial charge is 0.257 e. The number of carbonyl (C=O) groups excluding carboxylic acids is 3. The number of aryl methyl sites for hydroxylation is 1. The first-order valence-electron chi connectivity index (χ1n) is 12.6. The number of hydrogen-bond acceptors (Lipinski definition) is 5. The van der Waals surface area contributed by atoms with Crippen LogP contribution in [0, 0.1) is 6.92 Å². The Bertz CT molecular complexity index is 1130. The van der Waals surface area contributed by atoms with E-state index >= 15 is 0 Å². The third-order valence-electron chi connectivity index (χ3n) is 7.31. The van der Waals surface area contributed by atoms with Gasteiger partial charge in [-0.1, -0.05) is 31.2 Å². The fourth-order valence-corrected chi connectivity index (χ4v) is 4.95. The van der Waals surface area contributed by atoms with Crippen LogP contribution in [0.4, 0.5) is 0 Å². The van der Waals surface area contributed by atoms with E-state index in [9.17, 15) is 14.4 Å². The number of benzene rings is 2. The van der Waals surface area contributed by atoms with Crippen LogP contribution in [0.15, 0.2) is 48.5 Å². The van der Waals surface area contributed by atoms with E-state index in [4.69, 9.17) is 9.47 Å². The van der Waals surface area contributed by atoms with Crippen molar-refractivity contribution >= 4 is 17.7 Å². The number of rotatable bonds is 6. The molecule has 192 valence electrons. The molecule has 3 amide bonds. The molecule has 8 nitrogen and oxygen atoms in total. The Morgan fingerprint density at radius 1 is 1.11 bits per heavy atom. The second-order valence-corrected chi connectivity index (χ2v) is 9.61. The highest BCUT2D eigenvalue weighted by Gasteiger charge is 2.54. The largest absolute Gasteiger partial charge is 0.497 e. The normalized spacial score (nSPS) is 19.7. The standard InChI is InChI=1S/C28H35N3O5/c1-5-20(3)29-25(32)24-18-36-28(31(24)26(33)21-10-8-11-22(17-21)35-4)13-15-30(16-14-28)27(34)23-12-7-6-9-19(23)2/h6-12,17,20,24H,5,13-16,18H2,1-4H3,(H,29,32). The van der Waals surface area contributed by atoms with Crippen LogP contribution in [0.3, 0.4) is 0 Å². The van der Waals surface area contributed by atoms with Crippen LogP contribution in [-0.2, 0) is 9.53 Å². The summed E-state index contributed by atoms with van der Waals surface area (Å²) in [7, 11) is 1.55. The molecule has 2 aromatic carbocycles. The van der Waals surface area contributed by atoms with Gasteiger partial charge in [-0.15, -0.1) is 0 Å². The molecule has 1 N–H and O–H groups in total. The number of hydrogen-bond donors (Lipinski definition) is 1. The number of nitrogens with zero attached hydrogens (tertiary/aromatic N) is 2. The van der Waals surface area contributed by atoms with E-state index in [2.05, 4.69) is 5.32 Å². The zero-order valence-corrected chi connectivity index (χ0v) is 21.5. The van der Waals surface area contributed by atoms with Gasteiger partial charge in [0.25, 0.3) is 11.8 Å². The van der Waals surface area contributed by atoms with Crippen molar-refractivity contribution in [2.75, 3.05) is 26.8 Å². The van der Waals surface area contributed by atoms with Crippen molar-refractivity contribution in [3.8, 4) is 5.75 Å². The van der Waals surface area contributed by atoms with E-state index < -0.39 is 11.8 Å². The highest BCUT2D eigenvalue weighted by atomic mass is 16.5. The molecule has 2 saturated heterocycles. The van der Waals surface area contributed by atoms with Gasteiger partial charge in [0, 0.05) is 43.1 Å². The van der Waals surface area contributed by atoms with Gasteiger partial charge in [0.1, 0.15) is 17.5 Å².